The van der Waals surface area contributed by atoms with Gasteiger partial charge >= 0.3 is 0 Å². The molecular weight excluding hydrogens is 308 g/mol. The van der Waals surface area contributed by atoms with Crippen molar-refractivity contribution in [2.75, 3.05) is 12.3 Å². The van der Waals surface area contributed by atoms with Crippen molar-refractivity contribution in [3.63, 3.8) is 0 Å². The maximum Gasteiger partial charge on any atom is 0.226 e. The lowest BCUT2D eigenvalue weighted by Gasteiger charge is -2.55. The number of anilines is 1. The average molecular weight is 335 g/mol. The summed E-state index contributed by atoms with van der Waals surface area (Å²) in [7, 11) is 0. The predicted molar refractivity (Wildman–Crippen MR) is 95.4 cm³/mol. The molecule has 4 saturated carbocycles. The fourth-order valence-corrected chi connectivity index (χ4v) is 5.58. The van der Waals surface area contributed by atoms with Gasteiger partial charge in [-0.2, -0.15) is 0 Å². The second-order valence-corrected chi connectivity index (χ2v) is 7.95. The highest BCUT2D eigenvalue weighted by atomic mass is 35.5. The maximum absolute atomic E-state index is 12.8. The van der Waals surface area contributed by atoms with Crippen LogP contribution in [-0.2, 0) is 11.2 Å². The molecule has 4 aliphatic rings. The predicted octanol–water partition coefficient (Wildman–Crippen LogP) is 3.57. The Kier molecular flexibility index (Phi) is 4.59. The second kappa shape index (κ2) is 6.35. The lowest BCUT2D eigenvalue weighted by molar-refractivity contribution is -0.146. The summed E-state index contributed by atoms with van der Waals surface area (Å²) in [5.74, 6) is 2.82. The van der Waals surface area contributed by atoms with Crippen LogP contribution in [0.1, 0.15) is 44.1 Å². The van der Waals surface area contributed by atoms with Gasteiger partial charge in [-0.05, 0) is 80.4 Å². The van der Waals surface area contributed by atoms with Crippen LogP contribution in [0.15, 0.2) is 24.3 Å². The normalized spacial score (nSPS) is 34.0. The summed E-state index contributed by atoms with van der Waals surface area (Å²) in [4.78, 5) is 12.8. The summed E-state index contributed by atoms with van der Waals surface area (Å²) < 4.78 is 0. The number of amides is 1. The number of nitrogens with two attached hydrogens (primary N) is 1. The molecule has 3 N–H and O–H groups in total. The van der Waals surface area contributed by atoms with Crippen molar-refractivity contribution in [2.24, 2.45) is 23.2 Å². The maximum atomic E-state index is 12.8. The van der Waals surface area contributed by atoms with E-state index in [1.807, 2.05) is 24.3 Å². The molecule has 4 aliphatic carbocycles. The molecule has 0 spiro atoms. The standard InChI is InChI=1S/C19H26N2O.ClH/c20-17-3-1-13(2-4-17)5-6-21-18(22)19-10-14-7-15(11-19)9-16(8-14)12-19;/h1-4,14-16H,5-12,20H2,(H,21,22);1H. The average Bonchev–Trinajstić information content (AvgIpc) is 2.48. The molecular formula is C19H27ClN2O. The summed E-state index contributed by atoms with van der Waals surface area (Å²) >= 11 is 0. The quantitative estimate of drug-likeness (QED) is 0.827. The fourth-order valence-electron chi connectivity index (χ4n) is 5.58. The third-order valence-corrected chi connectivity index (χ3v) is 6.20. The van der Waals surface area contributed by atoms with Crippen LogP contribution in [0.5, 0.6) is 0 Å². The summed E-state index contributed by atoms with van der Waals surface area (Å²) in [6.45, 7) is 0.741. The molecule has 4 fully saturated rings. The molecule has 0 unspecified atom stereocenters. The first kappa shape index (κ1) is 16.6. The Bertz CT molecular complexity index is 534. The fraction of sp³-hybridized carbons (Fsp3) is 0.632. The highest BCUT2D eigenvalue weighted by Gasteiger charge is 2.54. The number of hydrogen-bond donors (Lipinski definition) is 2. The van der Waals surface area contributed by atoms with Crippen LogP contribution in [0, 0.1) is 23.2 Å². The van der Waals surface area contributed by atoms with Crippen molar-refractivity contribution in [1.29, 1.82) is 0 Å². The van der Waals surface area contributed by atoms with E-state index in [-0.39, 0.29) is 17.8 Å². The first-order valence-corrected chi connectivity index (χ1v) is 8.76. The van der Waals surface area contributed by atoms with Gasteiger partial charge in [0.1, 0.15) is 0 Å². The Morgan fingerprint density at radius 3 is 2.09 bits per heavy atom. The van der Waals surface area contributed by atoms with Crippen molar-refractivity contribution in [3.8, 4) is 0 Å². The number of rotatable bonds is 4. The van der Waals surface area contributed by atoms with E-state index in [0.29, 0.717) is 5.91 Å². The van der Waals surface area contributed by atoms with E-state index in [9.17, 15) is 4.79 Å². The largest absolute Gasteiger partial charge is 0.399 e. The van der Waals surface area contributed by atoms with Crippen LogP contribution < -0.4 is 11.1 Å². The number of nitrogens with one attached hydrogen (secondary N) is 1. The zero-order chi connectivity index (χ0) is 15.2. The van der Waals surface area contributed by atoms with Crippen LogP contribution in [0.25, 0.3) is 0 Å². The Balaban J connectivity index is 0.00000156. The lowest BCUT2D eigenvalue weighted by atomic mass is 9.49. The number of hydrogen-bond acceptors (Lipinski definition) is 2. The SMILES string of the molecule is Cl.Nc1ccc(CCNC(=O)C23CC4CC(CC(C4)C2)C3)cc1. The molecule has 1 amide bonds. The van der Waals surface area contributed by atoms with Gasteiger partial charge in [0, 0.05) is 17.6 Å². The van der Waals surface area contributed by atoms with Gasteiger partial charge in [-0.3, -0.25) is 4.79 Å². The third-order valence-electron chi connectivity index (χ3n) is 6.20. The monoisotopic (exact) mass is 334 g/mol. The molecule has 0 saturated heterocycles. The van der Waals surface area contributed by atoms with E-state index in [0.717, 1.165) is 55.7 Å². The summed E-state index contributed by atoms with van der Waals surface area (Å²) in [6.07, 6.45) is 8.48. The molecule has 126 valence electrons. The minimum absolute atomic E-state index is 0. The zero-order valence-corrected chi connectivity index (χ0v) is 14.4. The van der Waals surface area contributed by atoms with Crippen molar-refractivity contribution in [3.05, 3.63) is 29.8 Å². The molecule has 1 aromatic rings. The number of nitrogen functional groups attached to an aromatic ring is 1. The first-order chi connectivity index (χ1) is 10.6. The van der Waals surface area contributed by atoms with Gasteiger partial charge in [-0.1, -0.05) is 12.1 Å². The highest BCUT2D eigenvalue weighted by Crippen LogP contribution is 2.60. The smallest absolute Gasteiger partial charge is 0.226 e. The highest BCUT2D eigenvalue weighted by molar-refractivity contribution is 5.85. The van der Waals surface area contributed by atoms with Gasteiger partial charge in [0.05, 0.1) is 0 Å². The van der Waals surface area contributed by atoms with Gasteiger partial charge in [0.2, 0.25) is 5.91 Å². The van der Waals surface area contributed by atoms with Crippen LogP contribution in [-0.4, -0.2) is 12.5 Å². The van der Waals surface area contributed by atoms with Gasteiger partial charge in [-0.15, -0.1) is 12.4 Å². The molecule has 0 aromatic heterocycles. The van der Waals surface area contributed by atoms with Crippen molar-refractivity contribution >= 4 is 24.0 Å². The third kappa shape index (κ3) is 3.21. The lowest BCUT2D eigenvalue weighted by Crippen LogP contribution is -2.53. The molecule has 1 aromatic carbocycles. The topological polar surface area (TPSA) is 55.1 Å². The van der Waals surface area contributed by atoms with E-state index in [4.69, 9.17) is 5.73 Å². The number of halogens is 1. The van der Waals surface area contributed by atoms with Crippen molar-refractivity contribution < 1.29 is 4.79 Å². The molecule has 3 nitrogen and oxygen atoms in total. The number of benzene rings is 1. The second-order valence-electron chi connectivity index (χ2n) is 7.95. The minimum atomic E-state index is -0.0180. The molecule has 0 radical (unpaired) electrons. The van der Waals surface area contributed by atoms with E-state index < -0.39 is 0 Å². The van der Waals surface area contributed by atoms with Crippen LogP contribution in [0.2, 0.25) is 0 Å². The summed E-state index contributed by atoms with van der Waals surface area (Å²) in [5, 5.41) is 3.23. The number of carbonyl (C=O) groups excluding carboxylic acids is 1. The summed E-state index contributed by atoms with van der Waals surface area (Å²) in [6, 6.07) is 7.95. The van der Waals surface area contributed by atoms with E-state index >= 15 is 0 Å². The van der Waals surface area contributed by atoms with Gasteiger partial charge in [-0.25, -0.2) is 0 Å². The molecule has 5 rings (SSSR count). The molecule has 23 heavy (non-hydrogen) atoms. The Morgan fingerprint density at radius 1 is 1.04 bits per heavy atom. The van der Waals surface area contributed by atoms with Crippen LogP contribution >= 0.6 is 12.4 Å². The van der Waals surface area contributed by atoms with Gasteiger partial charge in [0.25, 0.3) is 0 Å². The molecule has 0 aliphatic heterocycles. The Hall–Kier alpha value is -1.22. The van der Waals surface area contributed by atoms with Gasteiger partial charge < -0.3 is 11.1 Å². The van der Waals surface area contributed by atoms with E-state index in [1.54, 1.807) is 0 Å². The minimum Gasteiger partial charge on any atom is -0.399 e. The van der Waals surface area contributed by atoms with E-state index in [1.165, 1.54) is 24.8 Å². The van der Waals surface area contributed by atoms with E-state index in [2.05, 4.69) is 5.32 Å². The van der Waals surface area contributed by atoms with Crippen LogP contribution in [0.4, 0.5) is 5.69 Å². The first-order valence-electron chi connectivity index (χ1n) is 8.76. The Labute approximate surface area is 144 Å². The zero-order valence-electron chi connectivity index (χ0n) is 13.6. The molecule has 4 heteroatoms. The van der Waals surface area contributed by atoms with Crippen molar-refractivity contribution in [1.82, 2.24) is 5.32 Å². The molecule has 0 heterocycles. The van der Waals surface area contributed by atoms with Crippen LogP contribution in [0.3, 0.4) is 0 Å². The summed E-state index contributed by atoms with van der Waals surface area (Å²) in [5.41, 5.74) is 7.71. The Morgan fingerprint density at radius 2 is 1.57 bits per heavy atom. The van der Waals surface area contributed by atoms with Gasteiger partial charge in [0.15, 0.2) is 0 Å². The molecule has 4 bridgehead atoms. The number of carbonyl (C=O) groups is 1. The molecule has 0 atom stereocenters. The van der Waals surface area contributed by atoms with Crippen molar-refractivity contribution in [2.45, 2.75) is 44.9 Å².